The average Bonchev–Trinajstić information content (AvgIpc) is 2.78. The van der Waals surface area contributed by atoms with Crippen LogP contribution in [0, 0.1) is 0 Å². The molecule has 5 heteroatoms. The normalized spacial score (nSPS) is 10.9. The lowest BCUT2D eigenvalue weighted by Gasteiger charge is -2.02. The van der Waals surface area contributed by atoms with Crippen molar-refractivity contribution in [3.63, 3.8) is 0 Å². The third-order valence-corrected chi connectivity index (χ3v) is 2.47. The van der Waals surface area contributed by atoms with Crippen LogP contribution in [0.15, 0.2) is 12.3 Å². The van der Waals surface area contributed by atoms with E-state index in [4.69, 9.17) is 9.47 Å². The Hall–Kier alpha value is -0.910. The van der Waals surface area contributed by atoms with Gasteiger partial charge in [0.1, 0.15) is 0 Å². The minimum absolute atomic E-state index is 0.734. The third kappa shape index (κ3) is 6.41. The molecular formula is C12H23N3O2. The summed E-state index contributed by atoms with van der Waals surface area (Å²) in [6.45, 7) is 4.18. The smallest absolute Gasteiger partial charge is 0.0762 e. The Balaban J connectivity index is 2.14. The summed E-state index contributed by atoms with van der Waals surface area (Å²) in [5.41, 5.74) is 1.08. The van der Waals surface area contributed by atoms with Crippen LogP contribution in [0.4, 0.5) is 0 Å². The van der Waals surface area contributed by atoms with Crippen LogP contribution in [-0.2, 0) is 22.6 Å². The molecular weight excluding hydrogens is 218 g/mol. The molecule has 0 fully saturated rings. The molecule has 17 heavy (non-hydrogen) atoms. The predicted octanol–water partition coefficient (Wildman–Crippen LogP) is 1.05. The minimum Gasteiger partial charge on any atom is -0.385 e. The summed E-state index contributed by atoms with van der Waals surface area (Å²) in [4.78, 5) is 0. The Kier molecular flexibility index (Phi) is 7.62. The molecule has 0 aliphatic heterocycles. The molecule has 0 aliphatic carbocycles. The fourth-order valence-electron chi connectivity index (χ4n) is 1.53. The molecule has 0 radical (unpaired) electrons. The Morgan fingerprint density at radius 3 is 2.82 bits per heavy atom. The fourth-order valence-corrected chi connectivity index (χ4v) is 1.53. The molecule has 1 heterocycles. The molecule has 0 saturated heterocycles. The van der Waals surface area contributed by atoms with Gasteiger partial charge in [-0.15, -0.1) is 0 Å². The first-order valence-electron chi connectivity index (χ1n) is 6.07. The highest BCUT2D eigenvalue weighted by molar-refractivity contribution is 4.98. The zero-order chi connectivity index (χ0) is 12.3. The number of nitrogens with one attached hydrogen (secondary N) is 1. The number of methoxy groups -OCH3 is 2. The lowest BCUT2D eigenvalue weighted by molar-refractivity contribution is 0.191. The second kappa shape index (κ2) is 9.15. The first kappa shape index (κ1) is 14.2. The van der Waals surface area contributed by atoms with Gasteiger partial charge in [0, 0.05) is 46.7 Å². The van der Waals surface area contributed by atoms with Gasteiger partial charge in [-0.25, -0.2) is 0 Å². The first-order valence-corrected chi connectivity index (χ1v) is 6.07. The average molecular weight is 241 g/mol. The highest BCUT2D eigenvalue weighted by Crippen LogP contribution is 1.98. The topological polar surface area (TPSA) is 48.3 Å². The number of rotatable bonds is 10. The quantitative estimate of drug-likeness (QED) is 0.622. The maximum atomic E-state index is 5.01. The van der Waals surface area contributed by atoms with Gasteiger partial charge < -0.3 is 14.8 Å². The number of hydrogen-bond acceptors (Lipinski definition) is 4. The van der Waals surface area contributed by atoms with Crippen LogP contribution in [0.5, 0.6) is 0 Å². The maximum absolute atomic E-state index is 5.01. The van der Waals surface area contributed by atoms with Gasteiger partial charge in [-0.3, -0.25) is 4.68 Å². The van der Waals surface area contributed by atoms with Crippen molar-refractivity contribution >= 4 is 0 Å². The molecule has 1 aromatic rings. The molecule has 5 nitrogen and oxygen atoms in total. The summed E-state index contributed by atoms with van der Waals surface area (Å²) in [5, 5.41) is 7.75. The molecule has 0 unspecified atom stereocenters. The van der Waals surface area contributed by atoms with Crippen molar-refractivity contribution in [3.8, 4) is 0 Å². The second-order valence-electron chi connectivity index (χ2n) is 3.94. The van der Waals surface area contributed by atoms with E-state index >= 15 is 0 Å². The molecule has 1 aromatic heterocycles. The molecule has 0 amide bonds. The van der Waals surface area contributed by atoms with E-state index < -0.39 is 0 Å². The van der Waals surface area contributed by atoms with Gasteiger partial charge >= 0.3 is 0 Å². The number of nitrogens with zero attached hydrogens (tertiary/aromatic N) is 2. The molecule has 0 atom stereocenters. The fraction of sp³-hybridized carbons (Fsp3) is 0.750. The molecule has 0 saturated carbocycles. The SMILES string of the molecule is COCCCCn1ccc(CNCCOC)n1. The van der Waals surface area contributed by atoms with Gasteiger partial charge in [0.15, 0.2) is 0 Å². The van der Waals surface area contributed by atoms with Crippen LogP contribution in [-0.4, -0.2) is 43.8 Å². The zero-order valence-corrected chi connectivity index (χ0v) is 10.8. The number of aromatic nitrogens is 2. The van der Waals surface area contributed by atoms with E-state index in [1.807, 2.05) is 10.9 Å². The van der Waals surface area contributed by atoms with E-state index in [0.717, 1.165) is 51.4 Å². The van der Waals surface area contributed by atoms with Gasteiger partial charge in [-0.2, -0.15) is 5.10 Å². The Morgan fingerprint density at radius 1 is 1.24 bits per heavy atom. The standard InChI is InChI=1S/C12H23N3O2/c1-16-9-4-3-7-15-8-5-12(14-15)11-13-6-10-17-2/h5,8,13H,3-4,6-7,9-11H2,1-2H3. The largest absolute Gasteiger partial charge is 0.385 e. The Labute approximate surface area is 103 Å². The van der Waals surface area contributed by atoms with Gasteiger partial charge in [-0.1, -0.05) is 0 Å². The Morgan fingerprint density at radius 2 is 2.06 bits per heavy atom. The van der Waals surface area contributed by atoms with Gasteiger partial charge in [-0.05, 0) is 18.9 Å². The first-order chi connectivity index (χ1) is 8.36. The van der Waals surface area contributed by atoms with E-state index in [-0.39, 0.29) is 0 Å². The molecule has 0 bridgehead atoms. The van der Waals surface area contributed by atoms with Crippen LogP contribution in [0.1, 0.15) is 18.5 Å². The van der Waals surface area contributed by atoms with E-state index in [2.05, 4.69) is 16.5 Å². The van der Waals surface area contributed by atoms with Crippen molar-refractivity contribution < 1.29 is 9.47 Å². The number of hydrogen-bond donors (Lipinski definition) is 1. The van der Waals surface area contributed by atoms with Gasteiger partial charge in [0.25, 0.3) is 0 Å². The molecule has 0 spiro atoms. The van der Waals surface area contributed by atoms with Gasteiger partial charge in [0.05, 0.1) is 12.3 Å². The van der Waals surface area contributed by atoms with E-state index in [1.54, 1.807) is 14.2 Å². The van der Waals surface area contributed by atoms with E-state index in [9.17, 15) is 0 Å². The lowest BCUT2D eigenvalue weighted by atomic mass is 10.3. The highest BCUT2D eigenvalue weighted by atomic mass is 16.5. The summed E-state index contributed by atoms with van der Waals surface area (Å²) in [7, 11) is 3.44. The Bertz CT molecular complexity index is 263. The highest BCUT2D eigenvalue weighted by Gasteiger charge is 1.98. The van der Waals surface area contributed by atoms with Crippen LogP contribution in [0.3, 0.4) is 0 Å². The van der Waals surface area contributed by atoms with Crippen molar-refractivity contribution in [1.82, 2.24) is 15.1 Å². The summed E-state index contributed by atoms with van der Waals surface area (Å²) in [6.07, 6.45) is 4.21. The summed E-state index contributed by atoms with van der Waals surface area (Å²) >= 11 is 0. The van der Waals surface area contributed by atoms with E-state index in [1.165, 1.54) is 0 Å². The van der Waals surface area contributed by atoms with Crippen LogP contribution < -0.4 is 5.32 Å². The molecule has 98 valence electrons. The van der Waals surface area contributed by atoms with E-state index in [0.29, 0.717) is 0 Å². The van der Waals surface area contributed by atoms with Crippen molar-refractivity contribution in [2.45, 2.75) is 25.9 Å². The van der Waals surface area contributed by atoms with Crippen LogP contribution in [0.25, 0.3) is 0 Å². The maximum Gasteiger partial charge on any atom is 0.0762 e. The van der Waals surface area contributed by atoms with Crippen molar-refractivity contribution in [2.75, 3.05) is 34.0 Å². The second-order valence-corrected chi connectivity index (χ2v) is 3.94. The predicted molar refractivity (Wildman–Crippen MR) is 66.9 cm³/mol. The number of unbranched alkanes of at least 4 members (excludes halogenated alkanes) is 1. The van der Waals surface area contributed by atoms with Crippen molar-refractivity contribution in [2.24, 2.45) is 0 Å². The lowest BCUT2D eigenvalue weighted by Crippen LogP contribution is -2.19. The molecule has 0 aromatic carbocycles. The monoisotopic (exact) mass is 241 g/mol. The van der Waals surface area contributed by atoms with Crippen molar-refractivity contribution in [3.05, 3.63) is 18.0 Å². The van der Waals surface area contributed by atoms with Crippen LogP contribution in [0.2, 0.25) is 0 Å². The van der Waals surface area contributed by atoms with Gasteiger partial charge in [0.2, 0.25) is 0 Å². The summed E-state index contributed by atoms with van der Waals surface area (Å²) in [6, 6.07) is 2.05. The summed E-state index contributed by atoms with van der Waals surface area (Å²) < 4.78 is 12.0. The molecule has 1 N–H and O–H groups in total. The summed E-state index contributed by atoms with van der Waals surface area (Å²) in [5.74, 6) is 0. The number of aryl methyl sites for hydroxylation is 1. The van der Waals surface area contributed by atoms with Crippen LogP contribution >= 0.6 is 0 Å². The minimum atomic E-state index is 0.734. The molecule has 0 aliphatic rings. The third-order valence-electron chi connectivity index (χ3n) is 2.47. The van der Waals surface area contributed by atoms with Crippen molar-refractivity contribution in [1.29, 1.82) is 0 Å². The number of ether oxygens (including phenoxy) is 2. The molecule has 1 rings (SSSR count). The zero-order valence-electron chi connectivity index (χ0n) is 10.8.